The first-order valence-corrected chi connectivity index (χ1v) is 8.36. The maximum Gasteiger partial charge on any atom is 0.328 e. The molecule has 1 rings (SSSR count). The molecule has 8 heteroatoms. The first-order chi connectivity index (χ1) is 10.0. The lowest BCUT2D eigenvalue weighted by atomic mass is 10.2. The van der Waals surface area contributed by atoms with Gasteiger partial charge < -0.3 is 20.1 Å². The van der Waals surface area contributed by atoms with Crippen LogP contribution in [0.2, 0.25) is 0 Å². The molecule has 0 aliphatic carbocycles. The molecule has 0 spiro atoms. The summed E-state index contributed by atoms with van der Waals surface area (Å²) in [5.41, 5.74) is 0. The largest absolute Gasteiger partial charge is 0.480 e. The maximum absolute atomic E-state index is 12.2. The molecule has 0 radical (unpaired) electrons. The van der Waals surface area contributed by atoms with Crippen molar-refractivity contribution in [1.29, 1.82) is 0 Å². The fourth-order valence-corrected chi connectivity index (χ4v) is 2.69. The molecule has 0 aromatic carbocycles. The van der Waals surface area contributed by atoms with Crippen LogP contribution in [0.15, 0.2) is 0 Å². The second-order valence-corrected chi connectivity index (χ2v) is 5.71. The van der Waals surface area contributed by atoms with Crippen LogP contribution >= 0.6 is 11.8 Å². The van der Waals surface area contributed by atoms with Crippen molar-refractivity contribution < 1.29 is 24.2 Å². The van der Waals surface area contributed by atoms with Crippen molar-refractivity contribution in [3.8, 4) is 0 Å². The predicted octanol–water partition coefficient (Wildman–Crippen LogP) is 0.930. The number of nitrogens with zero attached hydrogens (tertiary/aromatic N) is 1. The van der Waals surface area contributed by atoms with E-state index in [-0.39, 0.29) is 6.61 Å². The lowest BCUT2D eigenvalue weighted by Crippen LogP contribution is -2.51. The highest BCUT2D eigenvalue weighted by molar-refractivity contribution is 7.98. The third-order valence-electron chi connectivity index (χ3n) is 3.28. The lowest BCUT2D eigenvalue weighted by molar-refractivity contribution is -0.147. The van der Waals surface area contributed by atoms with E-state index in [0.29, 0.717) is 31.6 Å². The van der Waals surface area contributed by atoms with Gasteiger partial charge in [0.25, 0.3) is 0 Å². The van der Waals surface area contributed by atoms with E-state index >= 15 is 0 Å². The number of carboxylic acids is 1. The van der Waals surface area contributed by atoms with Gasteiger partial charge in [-0.25, -0.2) is 14.4 Å². The molecule has 7 nitrogen and oxygen atoms in total. The molecule has 2 unspecified atom stereocenters. The topological polar surface area (TPSA) is 95.9 Å². The predicted molar refractivity (Wildman–Crippen MR) is 79.3 cm³/mol. The van der Waals surface area contributed by atoms with Crippen molar-refractivity contribution in [3.63, 3.8) is 0 Å². The molecule has 2 N–H and O–H groups in total. The first-order valence-electron chi connectivity index (χ1n) is 6.96. The fraction of sp³-hybridized carbons (Fsp3) is 0.769. The number of hydrogen-bond donors (Lipinski definition) is 2. The number of carboxylic acid groups (broad SMARTS) is 1. The first kappa shape index (κ1) is 17.6. The number of nitrogens with one attached hydrogen (secondary N) is 1. The van der Waals surface area contributed by atoms with Crippen LogP contribution in [-0.2, 0) is 14.3 Å². The quantitative estimate of drug-likeness (QED) is 0.678. The molecule has 0 bridgehead atoms. The minimum Gasteiger partial charge on any atom is -0.480 e. The Hall–Kier alpha value is -1.44. The third kappa shape index (κ3) is 5.11. The molecule has 21 heavy (non-hydrogen) atoms. The Labute approximate surface area is 128 Å². The summed E-state index contributed by atoms with van der Waals surface area (Å²) >= 11 is 1.52. The van der Waals surface area contributed by atoms with Gasteiger partial charge in [0.2, 0.25) is 0 Å². The number of thioether (sulfide) groups is 1. The molecule has 1 heterocycles. The van der Waals surface area contributed by atoms with Crippen LogP contribution in [0.3, 0.4) is 0 Å². The number of rotatable bonds is 7. The molecule has 120 valence electrons. The standard InChI is InChI=1S/C13H22N2O5S/c1-3-20-12(18)10-5-4-7-15(10)13(19)14-9(11(16)17)6-8-21-2/h9-10H,3-8H2,1-2H3,(H,14,19)(H,16,17). The highest BCUT2D eigenvalue weighted by atomic mass is 32.2. The van der Waals surface area contributed by atoms with Crippen LogP contribution in [0.4, 0.5) is 4.79 Å². The van der Waals surface area contributed by atoms with Crippen LogP contribution in [0, 0.1) is 0 Å². The summed E-state index contributed by atoms with van der Waals surface area (Å²) in [4.78, 5) is 36.5. The zero-order valence-corrected chi connectivity index (χ0v) is 13.1. The summed E-state index contributed by atoms with van der Waals surface area (Å²) in [6.45, 7) is 2.40. The highest BCUT2D eigenvalue weighted by Crippen LogP contribution is 2.19. The van der Waals surface area contributed by atoms with E-state index < -0.39 is 30.1 Å². The Bertz CT molecular complexity index is 391. The minimum absolute atomic E-state index is 0.260. The molecular formula is C13H22N2O5S. The van der Waals surface area contributed by atoms with Gasteiger partial charge in [0.1, 0.15) is 12.1 Å². The van der Waals surface area contributed by atoms with Gasteiger partial charge >= 0.3 is 18.0 Å². The molecular weight excluding hydrogens is 296 g/mol. The molecule has 2 atom stereocenters. The maximum atomic E-state index is 12.2. The minimum atomic E-state index is -1.07. The number of carbonyl (C=O) groups is 3. The van der Waals surface area contributed by atoms with E-state index in [1.54, 1.807) is 6.92 Å². The van der Waals surface area contributed by atoms with Crippen LogP contribution in [0.5, 0.6) is 0 Å². The zero-order valence-electron chi connectivity index (χ0n) is 12.3. The van der Waals surface area contributed by atoms with E-state index in [1.165, 1.54) is 16.7 Å². The van der Waals surface area contributed by atoms with Gasteiger partial charge in [0.15, 0.2) is 0 Å². The summed E-state index contributed by atoms with van der Waals surface area (Å²) in [7, 11) is 0. The van der Waals surface area contributed by atoms with Crippen molar-refractivity contribution in [1.82, 2.24) is 10.2 Å². The molecule has 0 saturated carbocycles. The summed E-state index contributed by atoms with van der Waals surface area (Å²) in [6, 6.07) is -2.06. The number of ether oxygens (including phenoxy) is 1. The highest BCUT2D eigenvalue weighted by Gasteiger charge is 2.36. The van der Waals surface area contributed by atoms with Crippen LogP contribution in [0.25, 0.3) is 0 Å². The monoisotopic (exact) mass is 318 g/mol. The Morgan fingerprint density at radius 1 is 1.48 bits per heavy atom. The molecule has 0 aromatic rings. The molecule has 2 amide bonds. The average Bonchev–Trinajstić information content (AvgIpc) is 2.92. The number of aliphatic carboxylic acids is 1. The molecule has 1 aliphatic heterocycles. The summed E-state index contributed by atoms with van der Waals surface area (Å²) in [5.74, 6) is -0.858. The Kier molecular flexibility index (Phi) is 7.35. The van der Waals surface area contributed by atoms with Gasteiger partial charge in [-0.2, -0.15) is 11.8 Å². The van der Waals surface area contributed by atoms with Crippen LogP contribution < -0.4 is 5.32 Å². The number of esters is 1. The van der Waals surface area contributed by atoms with Gasteiger partial charge in [-0.05, 0) is 38.2 Å². The summed E-state index contributed by atoms with van der Waals surface area (Å²) in [5, 5.41) is 11.6. The van der Waals surface area contributed by atoms with Gasteiger partial charge in [0.05, 0.1) is 6.61 Å². The second kappa shape index (κ2) is 8.76. The number of amides is 2. The third-order valence-corrected chi connectivity index (χ3v) is 3.92. The Morgan fingerprint density at radius 2 is 2.19 bits per heavy atom. The molecule has 0 aromatic heterocycles. The van der Waals surface area contributed by atoms with Crippen molar-refractivity contribution in [2.75, 3.05) is 25.2 Å². The van der Waals surface area contributed by atoms with E-state index in [9.17, 15) is 14.4 Å². The zero-order chi connectivity index (χ0) is 15.8. The van der Waals surface area contributed by atoms with Crippen molar-refractivity contribution in [2.45, 2.75) is 38.3 Å². The van der Waals surface area contributed by atoms with Gasteiger partial charge in [-0.15, -0.1) is 0 Å². The van der Waals surface area contributed by atoms with E-state index in [4.69, 9.17) is 9.84 Å². The second-order valence-electron chi connectivity index (χ2n) is 4.73. The molecule has 1 aliphatic rings. The lowest BCUT2D eigenvalue weighted by Gasteiger charge is -2.25. The Balaban J connectivity index is 2.63. The Morgan fingerprint density at radius 3 is 2.76 bits per heavy atom. The van der Waals surface area contributed by atoms with E-state index in [0.717, 1.165) is 0 Å². The van der Waals surface area contributed by atoms with Crippen molar-refractivity contribution in [3.05, 3.63) is 0 Å². The average molecular weight is 318 g/mol. The van der Waals surface area contributed by atoms with Gasteiger partial charge in [-0.1, -0.05) is 0 Å². The van der Waals surface area contributed by atoms with E-state index in [1.807, 2.05) is 6.26 Å². The summed E-state index contributed by atoms with van der Waals surface area (Å²) in [6.07, 6.45) is 3.48. The van der Waals surface area contributed by atoms with Crippen molar-refractivity contribution in [2.24, 2.45) is 0 Å². The normalized spacial score (nSPS) is 19.1. The number of urea groups is 1. The van der Waals surface area contributed by atoms with Crippen molar-refractivity contribution >= 4 is 29.7 Å². The SMILES string of the molecule is CCOC(=O)C1CCCN1C(=O)NC(CCSC)C(=O)O. The van der Waals surface area contributed by atoms with E-state index in [2.05, 4.69) is 5.32 Å². The van der Waals surface area contributed by atoms with Crippen LogP contribution in [0.1, 0.15) is 26.2 Å². The number of hydrogen-bond acceptors (Lipinski definition) is 5. The van der Waals surface area contributed by atoms with Gasteiger partial charge in [0, 0.05) is 6.54 Å². The van der Waals surface area contributed by atoms with Crippen LogP contribution in [-0.4, -0.2) is 65.2 Å². The molecule has 1 saturated heterocycles. The number of likely N-dealkylation sites (tertiary alicyclic amines) is 1. The molecule has 1 fully saturated rings. The fourth-order valence-electron chi connectivity index (χ4n) is 2.22. The smallest absolute Gasteiger partial charge is 0.328 e. The summed E-state index contributed by atoms with van der Waals surface area (Å²) < 4.78 is 4.94. The number of carbonyl (C=O) groups excluding carboxylic acids is 2. The van der Waals surface area contributed by atoms with Gasteiger partial charge in [-0.3, -0.25) is 0 Å².